The van der Waals surface area contributed by atoms with E-state index in [2.05, 4.69) is 48.0 Å². The zero-order chi connectivity index (χ0) is 22.0. The molecule has 1 fully saturated rings. The molecule has 0 aliphatic carbocycles. The molecule has 3 aromatic rings. The van der Waals surface area contributed by atoms with Gasteiger partial charge in [-0.25, -0.2) is 0 Å². The Kier molecular flexibility index (Phi) is 6.23. The van der Waals surface area contributed by atoms with Crippen LogP contribution in [-0.2, 0) is 11.2 Å². The number of halogens is 1. The van der Waals surface area contributed by atoms with E-state index in [9.17, 15) is 4.79 Å². The molecule has 0 N–H and O–H groups in total. The van der Waals surface area contributed by atoms with Crippen molar-refractivity contribution in [2.24, 2.45) is 0 Å². The average Bonchev–Trinajstić information content (AvgIpc) is 2.78. The smallest absolute Gasteiger partial charge is 0.227 e. The molecule has 5 nitrogen and oxygen atoms in total. The van der Waals surface area contributed by atoms with Gasteiger partial charge in [0.05, 0.1) is 12.1 Å². The van der Waals surface area contributed by atoms with Crippen LogP contribution in [0.15, 0.2) is 48.5 Å². The lowest BCUT2D eigenvalue weighted by molar-refractivity contribution is -0.130. The van der Waals surface area contributed by atoms with Crippen LogP contribution in [0.1, 0.15) is 22.3 Å². The molecule has 0 saturated carbocycles. The van der Waals surface area contributed by atoms with E-state index in [4.69, 9.17) is 11.6 Å². The Morgan fingerprint density at radius 1 is 0.903 bits per heavy atom. The molecular formula is C25H27ClN4O. The lowest BCUT2D eigenvalue weighted by Gasteiger charge is -2.35. The SMILES string of the molecule is Cc1cc(C)c(-c2ccc(N3CCN(C(=O)Cc4ccccc4Cl)CC3)nn2)cc1C. The number of rotatable bonds is 4. The highest BCUT2D eigenvalue weighted by molar-refractivity contribution is 6.31. The minimum atomic E-state index is 0.111. The van der Waals surface area contributed by atoms with Crippen LogP contribution < -0.4 is 4.90 Å². The van der Waals surface area contributed by atoms with Crippen molar-refractivity contribution in [1.82, 2.24) is 15.1 Å². The molecule has 0 atom stereocenters. The Labute approximate surface area is 188 Å². The summed E-state index contributed by atoms with van der Waals surface area (Å²) in [4.78, 5) is 16.8. The second-order valence-electron chi connectivity index (χ2n) is 8.16. The Morgan fingerprint density at radius 2 is 1.61 bits per heavy atom. The van der Waals surface area contributed by atoms with Crippen LogP contribution in [-0.4, -0.2) is 47.2 Å². The molecule has 1 aliphatic rings. The summed E-state index contributed by atoms with van der Waals surface area (Å²) < 4.78 is 0. The van der Waals surface area contributed by atoms with Crippen molar-refractivity contribution in [3.05, 3.63) is 75.8 Å². The van der Waals surface area contributed by atoms with Gasteiger partial charge < -0.3 is 9.80 Å². The molecule has 1 amide bonds. The van der Waals surface area contributed by atoms with Gasteiger partial charge in [0.2, 0.25) is 5.91 Å². The summed E-state index contributed by atoms with van der Waals surface area (Å²) in [5.41, 5.74) is 6.63. The molecule has 1 aromatic heterocycles. The first-order valence-corrected chi connectivity index (χ1v) is 11.0. The summed E-state index contributed by atoms with van der Waals surface area (Å²) in [6, 6.07) is 16.0. The molecule has 2 heterocycles. The monoisotopic (exact) mass is 434 g/mol. The van der Waals surface area contributed by atoms with E-state index in [1.807, 2.05) is 41.3 Å². The standard InChI is InChI=1S/C25H27ClN4O/c1-17-14-19(3)21(15-18(17)2)23-8-9-24(28-27-23)29-10-12-30(13-11-29)25(31)16-20-6-4-5-7-22(20)26/h4-9,14-15H,10-13,16H2,1-3H3. The van der Waals surface area contributed by atoms with Crippen LogP contribution in [0.25, 0.3) is 11.3 Å². The summed E-state index contributed by atoms with van der Waals surface area (Å²) in [7, 11) is 0. The van der Waals surface area contributed by atoms with Crippen molar-refractivity contribution in [3.63, 3.8) is 0 Å². The van der Waals surface area contributed by atoms with E-state index in [-0.39, 0.29) is 5.91 Å². The lowest BCUT2D eigenvalue weighted by atomic mass is 9.99. The lowest BCUT2D eigenvalue weighted by Crippen LogP contribution is -2.49. The number of piperazine rings is 1. The summed E-state index contributed by atoms with van der Waals surface area (Å²) in [6.45, 7) is 9.17. The third kappa shape index (κ3) is 4.72. The zero-order valence-electron chi connectivity index (χ0n) is 18.2. The maximum absolute atomic E-state index is 12.7. The fourth-order valence-electron chi connectivity index (χ4n) is 3.98. The maximum Gasteiger partial charge on any atom is 0.227 e. The number of hydrogen-bond donors (Lipinski definition) is 0. The first-order valence-electron chi connectivity index (χ1n) is 10.6. The minimum Gasteiger partial charge on any atom is -0.352 e. The van der Waals surface area contributed by atoms with E-state index in [0.717, 1.165) is 35.7 Å². The summed E-state index contributed by atoms with van der Waals surface area (Å²) in [5.74, 6) is 0.961. The molecule has 1 aliphatic heterocycles. The van der Waals surface area contributed by atoms with Gasteiger partial charge in [0, 0.05) is 36.8 Å². The summed E-state index contributed by atoms with van der Waals surface area (Å²) >= 11 is 6.20. The molecule has 0 spiro atoms. The van der Waals surface area contributed by atoms with E-state index in [0.29, 0.717) is 24.5 Å². The number of amides is 1. The number of hydrogen-bond acceptors (Lipinski definition) is 4. The third-order valence-corrected chi connectivity index (χ3v) is 6.39. The molecule has 160 valence electrons. The van der Waals surface area contributed by atoms with Crippen molar-refractivity contribution in [2.75, 3.05) is 31.1 Å². The zero-order valence-corrected chi connectivity index (χ0v) is 19.0. The van der Waals surface area contributed by atoms with Crippen molar-refractivity contribution < 1.29 is 4.79 Å². The topological polar surface area (TPSA) is 49.3 Å². The van der Waals surface area contributed by atoms with Crippen molar-refractivity contribution in [3.8, 4) is 11.3 Å². The highest BCUT2D eigenvalue weighted by atomic mass is 35.5. The highest BCUT2D eigenvalue weighted by Crippen LogP contribution is 2.26. The fraction of sp³-hybridized carbons (Fsp3) is 0.320. The van der Waals surface area contributed by atoms with Gasteiger partial charge in [0.15, 0.2) is 5.82 Å². The van der Waals surface area contributed by atoms with Gasteiger partial charge >= 0.3 is 0 Å². The van der Waals surface area contributed by atoms with Crippen LogP contribution in [0.5, 0.6) is 0 Å². The number of benzene rings is 2. The molecule has 31 heavy (non-hydrogen) atoms. The second-order valence-corrected chi connectivity index (χ2v) is 8.57. The molecule has 0 radical (unpaired) electrons. The normalized spacial score (nSPS) is 14.1. The van der Waals surface area contributed by atoms with Crippen LogP contribution >= 0.6 is 11.6 Å². The van der Waals surface area contributed by atoms with E-state index in [1.54, 1.807) is 0 Å². The quantitative estimate of drug-likeness (QED) is 0.601. The van der Waals surface area contributed by atoms with Gasteiger partial charge in [0.25, 0.3) is 0 Å². The molecule has 2 aromatic carbocycles. The maximum atomic E-state index is 12.7. The van der Waals surface area contributed by atoms with Crippen LogP contribution in [0.4, 0.5) is 5.82 Å². The number of nitrogens with zero attached hydrogens (tertiary/aromatic N) is 4. The molecular weight excluding hydrogens is 408 g/mol. The van der Waals surface area contributed by atoms with Crippen LogP contribution in [0.3, 0.4) is 0 Å². The largest absolute Gasteiger partial charge is 0.352 e. The predicted octanol–water partition coefficient (Wildman–Crippen LogP) is 4.61. The molecule has 6 heteroatoms. The van der Waals surface area contributed by atoms with E-state index in [1.165, 1.54) is 16.7 Å². The Morgan fingerprint density at radius 3 is 2.29 bits per heavy atom. The molecule has 0 bridgehead atoms. The second kappa shape index (κ2) is 9.06. The van der Waals surface area contributed by atoms with Crippen molar-refractivity contribution >= 4 is 23.3 Å². The Hall–Kier alpha value is -2.92. The van der Waals surface area contributed by atoms with Crippen molar-refractivity contribution in [1.29, 1.82) is 0 Å². The van der Waals surface area contributed by atoms with Gasteiger partial charge in [0.1, 0.15) is 0 Å². The minimum absolute atomic E-state index is 0.111. The summed E-state index contributed by atoms with van der Waals surface area (Å²) in [5, 5.41) is 9.61. The van der Waals surface area contributed by atoms with Crippen LogP contribution in [0.2, 0.25) is 5.02 Å². The summed E-state index contributed by atoms with van der Waals surface area (Å²) in [6.07, 6.45) is 0.337. The number of aromatic nitrogens is 2. The van der Waals surface area contributed by atoms with Crippen LogP contribution in [0, 0.1) is 20.8 Å². The fourth-order valence-corrected chi connectivity index (χ4v) is 4.18. The van der Waals surface area contributed by atoms with Crippen molar-refractivity contribution in [2.45, 2.75) is 27.2 Å². The molecule has 0 unspecified atom stereocenters. The highest BCUT2D eigenvalue weighted by Gasteiger charge is 2.23. The number of anilines is 1. The number of aryl methyl sites for hydroxylation is 3. The molecule has 4 rings (SSSR count). The Balaban J connectivity index is 1.38. The van der Waals surface area contributed by atoms with Gasteiger partial charge in [-0.15, -0.1) is 10.2 Å². The van der Waals surface area contributed by atoms with Gasteiger partial charge in [-0.3, -0.25) is 4.79 Å². The average molecular weight is 435 g/mol. The van der Waals surface area contributed by atoms with Gasteiger partial charge in [-0.2, -0.15) is 0 Å². The molecule has 1 saturated heterocycles. The number of carbonyl (C=O) groups excluding carboxylic acids is 1. The third-order valence-electron chi connectivity index (χ3n) is 6.02. The predicted molar refractivity (Wildman–Crippen MR) is 126 cm³/mol. The van der Waals surface area contributed by atoms with E-state index >= 15 is 0 Å². The first kappa shape index (κ1) is 21.3. The Bertz CT molecular complexity index is 1090. The number of carbonyl (C=O) groups is 1. The first-order chi connectivity index (χ1) is 14.9. The van der Waals surface area contributed by atoms with E-state index < -0.39 is 0 Å². The van der Waals surface area contributed by atoms with Gasteiger partial charge in [-0.1, -0.05) is 35.9 Å². The van der Waals surface area contributed by atoms with Gasteiger partial charge in [-0.05, 0) is 67.3 Å².